The second-order valence-corrected chi connectivity index (χ2v) is 7.15. The van der Waals surface area contributed by atoms with Crippen molar-refractivity contribution in [3.05, 3.63) is 54.7 Å². The number of halogens is 1. The summed E-state index contributed by atoms with van der Waals surface area (Å²) in [6.07, 6.45) is 3.52. The minimum absolute atomic E-state index is 0.174. The van der Waals surface area contributed by atoms with E-state index in [1.165, 1.54) is 16.9 Å². The molecule has 1 aromatic carbocycles. The van der Waals surface area contributed by atoms with E-state index in [1.807, 2.05) is 26.0 Å². The molecule has 0 unspecified atom stereocenters. The monoisotopic (exact) mass is 334 g/mol. The summed E-state index contributed by atoms with van der Waals surface area (Å²) in [5, 5.41) is 0. The molecule has 3 rings (SSSR count). The molecule has 3 heteroatoms. The number of fused-ring (bicyclic) bond motifs is 1. The molecular weight excluding hydrogens is 320 g/mol. The number of hydrogen-bond acceptors (Lipinski definition) is 2. The van der Waals surface area contributed by atoms with Gasteiger partial charge in [-0.15, -0.1) is 11.3 Å². The number of aryl methyl sites for hydroxylation is 4. The van der Waals surface area contributed by atoms with Crippen LogP contribution < -0.4 is 0 Å². The highest BCUT2D eigenvalue weighted by molar-refractivity contribution is 9.10. The Morgan fingerprint density at radius 1 is 1.16 bits per heavy atom. The van der Waals surface area contributed by atoms with Crippen LogP contribution in [0.2, 0.25) is 0 Å². The summed E-state index contributed by atoms with van der Waals surface area (Å²) in [4.78, 5) is 14.9. The predicted molar refractivity (Wildman–Crippen MR) is 83.4 cm³/mol. The summed E-state index contributed by atoms with van der Waals surface area (Å²) >= 11 is 5.20. The molecule has 1 heterocycles. The Morgan fingerprint density at radius 3 is 2.68 bits per heavy atom. The molecule has 0 atom stereocenters. The maximum absolute atomic E-state index is 12.6. The van der Waals surface area contributed by atoms with E-state index in [2.05, 4.69) is 22.0 Å². The first-order chi connectivity index (χ1) is 9.06. The maximum Gasteiger partial charge on any atom is 0.203 e. The Bertz CT molecular complexity index is 648. The standard InChI is InChI=1S/C16H15BrOS/c1-9-7-13(17)10(2)6-12(9)16(18)15-8-11-4-3-5-14(11)19-15/h6-8H,3-5H2,1-2H3. The summed E-state index contributed by atoms with van der Waals surface area (Å²) in [5.74, 6) is 0.174. The molecule has 0 amide bonds. The van der Waals surface area contributed by atoms with E-state index in [0.717, 1.165) is 38.9 Å². The van der Waals surface area contributed by atoms with Gasteiger partial charge in [0.05, 0.1) is 4.88 Å². The third-order valence-electron chi connectivity index (χ3n) is 3.72. The first-order valence-corrected chi connectivity index (χ1v) is 8.10. The zero-order chi connectivity index (χ0) is 13.6. The highest BCUT2D eigenvalue weighted by Gasteiger charge is 2.20. The van der Waals surface area contributed by atoms with Crippen LogP contribution in [0.3, 0.4) is 0 Å². The molecule has 0 bridgehead atoms. The van der Waals surface area contributed by atoms with Crippen LogP contribution >= 0.6 is 27.3 Å². The highest BCUT2D eigenvalue weighted by Crippen LogP contribution is 2.32. The van der Waals surface area contributed by atoms with Crippen molar-refractivity contribution in [2.45, 2.75) is 33.1 Å². The van der Waals surface area contributed by atoms with Gasteiger partial charge in [-0.05, 0) is 68.0 Å². The number of thiophene rings is 1. The molecule has 19 heavy (non-hydrogen) atoms. The smallest absolute Gasteiger partial charge is 0.203 e. The SMILES string of the molecule is Cc1cc(C(=O)c2cc3c(s2)CCC3)c(C)cc1Br. The number of hydrogen-bond donors (Lipinski definition) is 0. The Labute approximate surface area is 125 Å². The van der Waals surface area contributed by atoms with Crippen molar-refractivity contribution in [3.63, 3.8) is 0 Å². The van der Waals surface area contributed by atoms with Gasteiger partial charge >= 0.3 is 0 Å². The van der Waals surface area contributed by atoms with E-state index >= 15 is 0 Å². The van der Waals surface area contributed by atoms with E-state index < -0.39 is 0 Å². The molecule has 0 fully saturated rings. The average molecular weight is 335 g/mol. The van der Waals surface area contributed by atoms with Crippen molar-refractivity contribution in [1.82, 2.24) is 0 Å². The van der Waals surface area contributed by atoms with Crippen molar-refractivity contribution in [3.8, 4) is 0 Å². The third-order valence-corrected chi connectivity index (χ3v) is 5.81. The van der Waals surface area contributed by atoms with Crippen LogP contribution in [0.15, 0.2) is 22.7 Å². The Balaban J connectivity index is 2.01. The van der Waals surface area contributed by atoms with Gasteiger partial charge in [-0.2, -0.15) is 0 Å². The fraction of sp³-hybridized carbons (Fsp3) is 0.312. The molecule has 0 saturated heterocycles. The van der Waals surface area contributed by atoms with E-state index in [9.17, 15) is 4.79 Å². The van der Waals surface area contributed by atoms with Crippen LogP contribution in [0, 0.1) is 13.8 Å². The van der Waals surface area contributed by atoms with Gasteiger partial charge < -0.3 is 0 Å². The van der Waals surface area contributed by atoms with Crippen molar-refractivity contribution in [1.29, 1.82) is 0 Å². The van der Waals surface area contributed by atoms with Gasteiger partial charge in [0.15, 0.2) is 0 Å². The molecule has 98 valence electrons. The summed E-state index contributed by atoms with van der Waals surface area (Å²) in [6, 6.07) is 6.13. The fourth-order valence-electron chi connectivity index (χ4n) is 2.60. The van der Waals surface area contributed by atoms with Gasteiger partial charge in [0, 0.05) is 14.9 Å². The van der Waals surface area contributed by atoms with Crippen LogP contribution in [0.25, 0.3) is 0 Å². The topological polar surface area (TPSA) is 17.1 Å². The summed E-state index contributed by atoms with van der Waals surface area (Å²) < 4.78 is 1.07. The number of ketones is 1. The fourth-order valence-corrected chi connectivity index (χ4v) is 4.26. The van der Waals surface area contributed by atoms with Gasteiger partial charge in [-0.1, -0.05) is 15.9 Å². The largest absolute Gasteiger partial charge is 0.288 e. The number of carbonyl (C=O) groups excluding carboxylic acids is 1. The molecule has 0 radical (unpaired) electrons. The first-order valence-electron chi connectivity index (χ1n) is 6.49. The molecule has 0 spiro atoms. The normalized spacial score (nSPS) is 13.6. The van der Waals surface area contributed by atoms with Gasteiger partial charge in [0.25, 0.3) is 0 Å². The number of rotatable bonds is 2. The Hall–Kier alpha value is -0.930. The van der Waals surface area contributed by atoms with E-state index in [-0.39, 0.29) is 5.78 Å². The summed E-state index contributed by atoms with van der Waals surface area (Å²) in [5.41, 5.74) is 4.37. The lowest BCUT2D eigenvalue weighted by Gasteiger charge is -2.07. The molecule has 1 nitrogen and oxygen atoms in total. The minimum Gasteiger partial charge on any atom is -0.288 e. The molecule has 0 aliphatic heterocycles. The molecular formula is C16H15BrOS. The number of benzene rings is 1. The van der Waals surface area contributed by atoms with E-state index in [1.54, 1.807) is 11.3 Å². The van der Waals surface area contributed by atoms with Gasteiger partial charge in [-0.3, -0.25) is 4.79 Å². The van der Waals surface area contributed by atoms with Gasteiger partial charge in [0.2, 0.25) is 5.78 Å². The minimum atomic E-state index is 0.174. The van der Waals surface area contributed by atoms with Crippen molar-refractivity contribution < 1.29 is 4.79 Å². The second kappa shape index (κ2) is 4.88. The van der Waals surface area contributed by atoms with Gasteiger partial charge in [0.1, 0.15) is 0 Å². The molecule has 2 aromatic rings. The van der Waals surface area contributed by atoms with Crippen molar-refractivity contribution in [2.75, 3.05) is 0 Å². The molecule has 0 N–H and O–H groups in total. The molecule has 1 aliphatic carbocycles. The molecule has 0 saturated carbocycles. The predicted octanol–water partition coefficient (Wildman–Crippen LogP) is 4.85. The first kappa shape index (κ1) is 13.1. The second-order valence-electron chi connectivity index (χ2n) is 5.16. The van der Waals surface area contributed by atoms with E-state index in [4.69, 9.17) is 0 Å². The maximum atomic E-state index is 12.6. The highest BCUT2D eigenvalue weighted by atomic mass is 79.9. The third kappa shape index (κ3) is 2.30. The van der Waals surface area contributed by atoms with Crippen LogP contribution in [0.4, 0.5) is 0 Å². The van der Waals surface area contributed by atoms with E-state index in [0.29, 0.717) is 0 Å². The summed E-state index contributed by atoms with van der Waals surface area (Å²) in [7, 11) is 0. The van der Waals surface area contributed by atoms with Crippen LogP contribution in [-0.2, 0) is 12.8 Å². The lowest BCUT2D eigenvalue weighted by molar-refractivity contribution is 0.104. The molecule has 1 aliphatic rings. The zero-order valence-corrected chi connectivity index (χ0v) is 13.5. The lowest BCUT2D eigenvalue weighted by atomic mass is 10.0. The molecule has 1 aromatic heterocycles. The Morgan fingerprint density at radius 2 is 1.95 bits per heavy atom. The lowest BCUT2D eigenvalue weighted by Crippen LogP contribution is -2.02. The summed E-state index contributed by atoms with van der Waals surface area (Å²) in [6.45, 7) is 4.02. The zero-order valence-electron chi connectivity index (χ0n) is 11.0. The van der Waals surface area contributed by atoms with Crippen LogP contribution in [0.1, 0.15) is 43.2 Å². The van der Waals surface area contributed by atoms with Crippen LogP contribution in [0.5, 0.6) is 0 Å². The number of carbonyl (C=O) groups is 1. The van der Waals surface area contributed by atoms with Crippen molar-refractivity contribution >= 4 is 33.0 Å². The Kier molecular flexibility index (Phi) is 3.35. The van der Waals surface area contributed by atoms with Crippen molar-refractivity contribution in [2.24, 2.45) is 0 Å². The quantitative estimate of drug-likeness (QED) is 0.717. The average Bonchev–Trinajstić information content (AvgIpc) is 2.93. The van der Waals surface area contributed by atoms with Gasteiger partial charge in [-0.25, -0.2) is 0 Å². The van der Waals surface area contributed by atoms with Crippen LogP contribution in [-0.4, -0.2) is 5.78 Å².